The van der Waals surface area contributed by atoms with Crippen LogP contribution in [0.2, 0.25) is 0 Å². The van der Waals surface area contributed by atoms with Crippen molar-refractivity contribution in [1.82, 2.24) is 0 Å². The van der Waals surface area contributed by atoms with Gasteiger partial charge in [-0.05, 0) is 180 Å². The zero-order valence-electron chi connectivity index (χ0n) is 45.5. The average Bonchev–Trinajstić information content (AvgIpc) is 4.00. The molecule has 0 saturated carbocycles. The first kappa shape index (κ1) is 46.3. The molecule has 5 heteroatoms. The summed E-state index contributed by atoms with van der Waals surface area (Å²) in [6.45, 7) is 19.2. The van der Waals surface area contributed by atoms with Crippen molar-refractivity contribution >= 4 is 112 Å². The second kappa shape index (κ2) is 16.3. The molecule has 0 fully saturated rings. The highest BCUT2D eigenvalue weighted by Gasteiger charge is 2.40. The highest BCUT2D eigenvalue weighted by atomic mass is 16.3. The van der Waals surface area contributed by atoms with Crippen LogP contribution in [-0.4, -0.2) is 7.28 Å². The van der Waals surface area contributed by atoms with E-state index in [-0.39, 0.29) is 21.7 Å². The summed E-state index contributed by atoms with van der Waals surface area (Å²) in [6.07, 6.45) is 4.63. The van der Waals surface area contributed by atoms with Gasteiger partial charge in [0.2, 0.25) is 0 Å². The summed E-state index contributed by atoms with van der Waals surface area (Å²) in [4.78, 5) is 2.51. The SMILES string of the molecule is CC1(C)CCC(C)(C)c2cc3c(cc21)oc1cc(N2c4cc5oc6cc7c(cc6c5cc4Bc4c2cc2ccccc2c4-c2cc4ccccc4cc2Nc2ccc(-c4ccccc4)cc2)C(C)(C)CCC7(C)C)ccc13. The third-order valence-corrected chi connectivity index (χ3v) is 18.7. The fraction of sp³-hybridized carbons (Fsp3) is 0.222. The first-order valence-electron chi connectivity index (χ1n) is 27.9. The van der Waals surface area contributed by atoms with E-state index in [0.29, 0.717) is 0 Å². The van der Waals surface area contributed by atoms with Gasteiger partial charge in [-0.1, -0.05) is 158 Å². The van der Waals surface area contributed by atoms with E-state index in [1.54, 1.807) is 0 Å². The number of nitrogens with one attached hydrogen (secondary N) is 1. The molecule has 0 radical (unpaired) electrons. The molecule has 0 amide bonds. The Morgan fingerprint density at radius 3 is 1.58 bits per heavy atom. The number of hydrogen-bond donors (Lipinski definition) is 1. The molecule has 0 atom stereocenters. The summed E-state index contributed by atoms with van der Waals surface area (Å²) in [5.41, 5.74) is 22.5. The maximum Gasteiger partial charge on any atom is 0.198 e. The molecule has 15 rings (SSSR count). The van der Waals surface area contributed by atoms with Gasteiger partial charge in [0.05, 0.1) is 0 Å². The van der Waals surface area contributed by atoms with Gasteiger partial charge in [0.15, 0.2) is 7.28 Å². The van der Waals surface area contributed by atoms with Crippen LogP contribution in [0.3, 0.4) is 0 Å². The number of furan rings is 2. The zero-order chi connectivity index (χ0) is 52.3. The average molecular weight is 999 g/mol. The van der Waals surface area contributed by atoms with E-state index in [1.165, 1.54) is 93.1 Å². The van der Waals surface area contributed by atoms with E-state index in [1.807, 2.05) is 0 Å². The van der Waals surface area contributed by atoms with Gasteiger partial charge >= 0.3 is 0 Å². The fourth-order valence-electron chi connectivity index (χ4n) is 14.0. The monoisotopic (exact) mass is 998 g/mol. The normalized spacial score (nSPS) is 16.9. The van der Waals surface area contributed by atoms with E-state index in [4.69, 9.17) is 8.83 Å². The van der Waals surface area contributed by atoms with Crippen LogP contribution in [0.4, 0.5) is 28.4 Å². The molecule has 3 heterocycles. The van der Waals surface area contributed by atoms with Crippen molar-refractivity contribution in [3.05, 3.63) is 198 Å². The lowest BCUT2D eigenvalue weighted by atomic mass is 9.57. The van der Waals surface area contributed by atoms with Crippen LogP contribution < -0.4 is 21.1 Å². The molecule has 0 bridgehead atoms. The Hall–Kier alpha value is -8.02. The topological polar surface area (TPSA) is 41.6 Å². The largest absolute Gasteiger partial charge is 0.456 e. The quantitative estimate of drug-likeness (QED) is 0.175. The minimum Gasteiger partial charge on any atom is -0.456 e. The number of benzene rings is 10. The molecular weight excluding hydrogens is 936 g/mol. The van der Waals surface area contributed by atoms with Crippen LogP contribution in [-0.2, 0) is 21.7 Å². The van der Waals surface area contributed by atoms with Crippen molar-refractivity contribution < 1.29 is 8.83 Å². The Morgan fingerprint density at radius 2 is 0.935 bits per heavy atom. The molecule has 3 aliphatic rings. The molecule has 1 aliphatic heterocycles. The first-order chi connectivity index (χ1) is 37.1. The summed E-state index contributed by atoms with van der Waals surface area (Å²) >= 11 is 0. The number of nitrogens with zero attached hydrogens (tertiary/aromatic N) is 1. The Morgan fingerprint density at radius 1 is 0.416 bits per heavy atom. The second-order valence-corrected chi connectivity index (χ2v) is 25.5. The third-order valence-electron chi connectivity index (χ3n) is 18.7. The molecule has 2 aromatic heterocycles. The summed E-state index contributed by atoms with van der Waals surface area (Å²) < 4.78 is 14.1. The van der Waals surface area contributed by atoms with Crippen molar-refractivity contribution in [3.63, 3.8) is 0 Å². The van der Waals surface area contributed by atoms with Crippen LogP contribution in [0, 0.1) is 0 Å². The van der Waals surface area contributed by atoms with Gasteiger partial charge in [0.1, 0.15) is 22.3 Å². The molecular formula is C72H63BN2O2. The van der Waals surface area contributed by atoms with Crippen molar-refractivity contribution in [3.8, 4) is 22.3 Å². The standard InChI is InChI=1S/C72H63BN2O2/c1-69(2)28-30-71(5,6)57-39-64-51(36-55(57)69)50-27-26-48(35-63(50)76-64)75-61-41-66-53(52-37-56-58(40-65(52)77-66)72(7,8)31-29-70(56,3)4)38-59(61)73-68-62(75)34-46-20-14-15-21-49(46)67(68)54-32-44-18-12-13-19-45(44)33-60(54)74-47-24-22-43(23-25-47)42-16-10-9-11-17-42/h9-27,32-41,73-74H,28-31H2,1-8H3. The Balaban J connectivity index is 0.976. The Kier molecular flexibility index (Phi) is 9.77. The van der Waals surface area contributed by atoms with E-state index < -0.39 is 0 Å². The molecule has 0 spiro atoms. The predicted molar refractivity (Wildman–Crippen MR) is 328 cm³/mol. The lowest BCUT2D eigenvalue weighted by molar-refractivity contribution is 0.332. The lowest BCUT2D eigenvalue weighted by Crippen LogP contribution is -2.41. The number of hydrogen-bond acceptors (Lipinski definition) is 4. The van der Waals surface area contributed by atoms with Gasteiger partial charge in [-0.15, -0.1) is 0 Å². The second-order valence-electron chi connectivity index (χ2n) is 25.5. The van der Waals surface area contributed by atoms with Gasteiger partial charge in [-0.3, -0.25) is 0 Å². The van der Waals surface area contributed by atoms with E-state index in [2.05, 4.69) is 242 Å². The highest BCUT2D eigenvalue weighted by molar-refractivity contribution is 6.74. The van der Waals surface area contributed by atoms with Crippen molar-refractivity contribution in [1.29, 1.82) is 0 Å². The van der Waals surface area contributed by atoms with Crippen molar-refractivity contribution in [2.45, 2.75) is 103 Å². The van der Waals surface area contributed by atoms with Crippen LogP contribution in [0.15, 0.2) is 185 Å². The van der Waals surface area contributed by atoms with Gasteiger partial charge in [0, 0.05) is 67.7 Å². The molecule has 12 aromatic rings. The number of fused-ring (bicyclic) bond motifs is 12. The number of rotatable bonds is 5. The third kappa shape index (κ3) is 7.18. The summed E-state index contributed by atoms with van der Waals surface area (Å²) in [7, 11) is 0.732. The van der Waals surface area contributed by atoms with Gasteiger partial charge in [-0.25, -0.2) is 0 Å². The smallest absolute Gasteiger partial charge is 0.198 e. The van der Waals surface area contributed by atoms with Crippen LogP contribution in [0.25, 0.3) is 87.7 Å². The summed E-state index contributed by atoms with van der Waals surface area (Å²) in [5.74, 6) is 0. The lowest BCUT2D eigenvalue weighted by Gasteiger charge is -2.41. The fourth-order valence-corrected chi connectivity index (χ4v) is 14.0. The molecule has 0 saturated heterocycles. The molecule has 2 aliphatic carbocycles. The first-order valence-corrected chi connectivity index (χ1v) is 27.9. The maximum atomic E-state index is 7.07. The zero-order valence-corrected chi connectivity index (χ0v) is 45.5. The summed E-state index contributed by atoms with van der Waals surface area (Å²) in [5, 5.41) is 13.5. The number of anilines is 5. The molecule has 77 heavy (non-hydrogen) atoms. The van der Waals surface area contributed by atoms with Crippen LogP contribution in [0.1, 0.15) is 103 Å². The van der Waals surface area contributed by atoms with Crippen LogP contribution in [0.5, 0.6) is 0 Å². The minimum atomic E-state index is 0.0667. The van der Waals surface area contributed by atoms with E-state index in [0.717, 1.165) is 89.1 Å². The van der Waals surface area contributed by atoms with Gasteiger partial charge in [-0.2, -0.15) is 0 Å². The highest BCUT2D eigenvalue weighted by Crippen LogP contribution is 2.52. The molecule has 376 valence electrons. The molecule has 4 nitrogen and oxygen atoms in total. The summed E-state index contributed by atoms with van der Waals surface area (Å²) in [6, 6.07) is 65.8. The van der Waals surface area contributed by atoms with Gasteiger partial charge in [0.25, 0.3) is 0 Å². The Bertz CT molecular complexity index is 4460. The maximum absolute atomic E-state index is 7.07. The van der Waals surface area contributed by atoms with Crippen molar-refractivity contribution in [2.75, 3.05) is 10.2 Å². The molecule has 1 N–H and O–H groups in total. The molecule has 10 aromatic carbocycles. The van der Waals surface area contributed by atoms with E-state index >= 15 is 0 Å². The van der Waals surface area contributed by atoms with Crippen LogP contribution >= 0.6 is 0 Å². The van der Waals surface area contributed by atoms with Gasteiger partial charge < -0.3 is 19.1 Å². The molecule has 0 unspecified atom stereocenters. The minimum absolute atomic E-state index is 0.0667. The van der Waals surface area contributed by atoms with Crippen molar-refractivity contribution in [2.24, 2.45) is 0 Å². The Labute approximate surface area is 452 Å². The predicted octanol–water partition coefficient (Wildman–Crippen LogP) is 18.7. The van der Waals surface area contributed by atoms with E-state index in [9.17, 15) is 0 Å².